The van der Waals surface area contributed by atoms with E-state index in [0.29, 0.717) is 50.7 Å². The molecule has 0 saturated carbocycles. The first-order chi connectivity index (χ1) is 18.0. The van der Waals surface area contributed by atoms with Crippen LogP contribution in [0.4, 0.5) is 0 Å². The van der Waals surface area contributed by atoms with Gasteiger partial charge in [-0.25, -0.2) is 5.43 Å². The van der Waals surface area contributed by atoms with Crippen LogP contribution in [0.2, 0.25) is 10.0 Å². The van der Waals surface area contributed by atoms with Crippen LogP contribution in [0.1, 0.15) is 28.2 Å². The zero-order valence-corrected chi connectivity index (χ0v) is 23.3. The molecular formula is C27H26Cl2N2O4S2. The molecule has 10 heteroatoms. The van der Waals surface area contributed by atoms with Crippen LogP contribution in [0, 0.1) is 0 Å². The number of nitrogens with zero attached hydrogens (tertiary/aromatic N) is 1. The summed E-state index contributed by atoms with van der Waals surface area (Å²) in [5.74, 6) is 3.53. The van der Waals surface area contributed by atoms with E-state index in [1.54, 1.807) is 24.3 Å². The molecule has 1 amide bonds. The van der Waals surface area contributed by atoms with Gasteiger partial charge in [0.15, 0.2) is 18.1 Å². The van der Waals surface area contributed by atoms with Gasteiger partial charge in [0, 0.05) is 16.5 Å². The summed E-state index contributed by atoms with van der Waals surface area (Å²) < 4.78 is 17.7. The van der Waals surface area contributed by atoms with Crippen molar-refractivity contribution in [3.05, 3.63) is 87.4 Å². The number of amides is 1. The Bertz CT molecular complexity index is 1220. The van der Waals surface area contributed by atoms with E-state index in [1.807, 2.05) is 66.8 Å². The number of hydrogen-bond acceptors (Lipinski definition) is 7. The van der Waals surface area contributed by atoms with E-state index in [-0.39, 0.29) is 12.5 Å². The zero-order chi connectivity index (χ0) is 26.0. The second-order valence-electron chi connectivity index (χ2n) is 7.90. The molecule has 0 bridgehead atoms. The number of carbonyl (C=O) groups is 1. The largest absolute Gasteiger partial charge is 0.490 e. The number of thioether (sulfide) groups is 2. The Hall–Kier alpha value is -2.52. The normalized spacial score (nSPS) is 13.6. The highest BCUT2D eigenvalue weighted by Gasteiger charge is 2.18. The zero-order valence-electron chi connectivity index (χ0n) is 20.1. The SMILES string of the molecule is CCOc1cc(/C=N\NC(=O)COc2ccc(C3SCCS3)cc2)cc(Cl)c1OCc1ccc(Cl)cc1. The number of carbonyl (C=O) groups excluding carboxylic acids is 1. The molecule has 3 aromatic rings. The van der Waals surface area contributed by atoms with Crippen LogP contribution < -0.4 is 19.6 Å². The monoisotopic (exact) mass is 576 g/mol. The number of benzene rings is 3. The third-order valence-corrected chi connectivity index (χ3v) is 8.81. The van der Waals surface area contributed by atoms with Gasteiger partial charge in [-0.2, -0.15) is 5.10 Å². The fourth-order valence-corrected chi connectivity index (χ4v) is 6.69. The van der Waals surface area contributed by atoms with Gasteiger partial charge in [0.25, 0.3) is 5.91 Å². The van der Waals surface area contributed by atoms with Crippen molar-refractivity contribution in [3.63, 3.8) is 0 Å². The predicted molar refractivity (Wildman–Crippen MR) is 154 cm³/mol. The molecule has 6 nitrogen and oxygen atoms in total. The number of halogens is 2. The third kappa shape index (κ3) is 8.23. The molecule has 0 aromatic heterocycles. The van der Waals surface area contributed by atoms with Crippen LogP contribution >= 0.6 is 46.7 Å². The Morgan fingerprint density at radius 1 is 1.03 bits per heavy atom. The van der Waals surface area contributed by atoms with E-state index in [1.165, 1.54) is 23.3 Å². The van der Waals surface area contributed by atoms with Crippen molar-refractivity contribution >= 4 is 58.8 Å². The summed E-state index contributed by atoms with van der Waals surface area (Å²) in [6, 6.07) is 18.7. The summed E-state index contributed by atoms with van der Waals surface area (Å²) in [7, 11) is 0. The molecule has 0 atom stereocenters. The number of ether oxygens (including phenoxy) is 3. The van der Waals surface area contributed by atoms with Crippen molar-refractivity contribution < 1.29 is 19.0 Å². The van der Waals surface area contributed by atoms with E-state index in [9.17, 15) is 4.79 Å². The average Bonchev–Trinajstić information content (AvgIpc) is 3.44. The maximum atomic E-state index is 12.2. The van der Waals surface area contributed by atoms with E-state index < -0.39 is 0 Å². The summed E-state index contributed by atoms with van der Waals surface area (Å²) in [6.45, 7) is 2.47. The highest BCUT2D eigenvalue weighted by molar-refractivity contribution is 8.19. The molecule has 1 fully saturated rings. The third-order valence-electron chi connectivity index (χ3n) is 5.17. The Morgan fingerprint density at radius 3 is 2.46 bits per heavy atom. The minimum absolute atomic E-state index is 0.147. The molecule has 1 saturated heterocycles. The maximum Gasteiger partial charge on any atom is 0.277 e. The van der Waals surface area contributed by atoms with E-state index in [4.69, 9.17) is 37.4 Å². The topological polar surface area (TPSA) is 69.2 Å². The highest BCUT2D eigenvalue weighted by Crippen LogP contribution is 2.45. The predicted octanol–water partition coefficient (Wildman–Crippen LogP) is 6.98. The summed E-state index contributed by atoms with van der Waals surface area (Å²) >= 11 is 16.3. The molecule has 0 spiro atoms. The van der Waals surface area contributed by atoms with Crippen LogP contribution in [0.3, 0.4) is 0 Å². The molecule has 37 heavy (non-hydrogen) atoms. The van der Waals surface area contributed by atoms with Gasteiger partial charge < -0.3 is 14.2 Å². The van der Waals surface area contributed by atoms with E-state index >= 15 is 0 Å². The van der Waals surface area contributed by atoms with E-state index in [0.717, 1.165) is 5.56 Å². The van der Waals surface area contributed by atoms with Crippen LogP contribution in [0.15, 0.2) is 65.8 Å². The van der Waals surface area contributed by atoms with Crippen molar-refractivity contribution in [1.82, 2.24) is 5.43 Å². The lowest BCUT2D eigenvalue weighted by molar-refractivity contribution is -0.123. The molecule has 1 aliphatic heterocycles. The fourth-order valence-electron chi connectivity index (χ4n) is 3.43. The average molecular weight is 578 g/mol. The smallest absolute Gasteiger partial charge is 0.277 e. The van der Waals surface area contributed by atoms with Crippen molar-refractivity contribution in [2.75, 3.05) is 24.7 Å². The van der Waals surface area contributed by atoms with Crippen molar-refractivity contribution in [2.45, 2.75) is 18.1 Å². The van der Waals surface area contributed by atoms with Gasteiger partial charge in [0.1, 0.15) is 12.4 Å². The summed E-state index contributed by atoms with van der Waals surface area (Å²) in [5, 5.41) is 5.04. The molecule has 0 unspecified atom stereocenters. The molecule has 3 aromatic carbocycles. The first kappa shape index (κ1) is 27.5. The Balaban J connectivity index is 1.30. The first-order valence-corrected chi connectivity index (χ1v) is 14.5. The van der Waals surface area contributed by atoms with Gasteiger partial charge in [0.05, 0.1) is 22.4 Å². The molecule has 0 aliphatic carbocycles. The van der Waals surface area contributed by atoms with Crippen LogP contribution in [0.5, 0.6) is 17.2 Å². The molecule has 4 rings (SSSR count). The Morgan fingerprint density at radius 2 is 1.76 bits per heavy atom. The van der Waals surface area contributed by atoms with Gasteiger partial charge in [-0.15, -0.1) is 23.5 Å². The molecular weight excluding hydrogens is 551 g/mol. The minimum atomic E-state index is -0.374. The lowest BCUT2D eigenvalue weighted by Gasteiger charge is -2.14. The van der Waals surface area contributed by atoms with Gasteiger partial charge in [-0.1, -0.05) is 47.5 Å². The van der Waals surface area contributed by atoms with Gasteiger partial charge in [0.2, 0.25) is 0 Å². The second-order valence-corrected chi connectivity index (χ2v) is 11.5. The molecule has 1 N–H and O–H groups in total. The summed E-state index contributed by atoms with van der Waals surface area (Å²) in [4.78, 5) is 12.2. The number of hydrazone groups is 1. The lowest BCUT2D eigenvalue weighted by atomic mass is 10.2. The summed E-state index contributed by atoms with van der Waals surface area (Å²) in [5.41, 5.74) is 5.32. The molecule has 0 radical (unpaired) electrons. The van der Waals surface area contributed by atoms with Crippen LogP contribution in [-0.4, -0.2) is 36.8 Å². The maximum absolute atomic E-state index is 12.2. The van der Waals surface area contributed by atoms with Gasteiger partial charge in [-0.3, -0.25) is 4.79 Å². The second kappa shape index (κ2) is 13.9. The van der Waals surface area contributed by atoms with Gasteiger partial charge >= 0.3 is 0 Å². The standard InChI is InChI=1S/C27H26Cl2N2O4S2/c1-2-33-24-14-19(13-23(29)26(24)35-16-18-3-7-21(28)8-4-18)15-30-31-25(32)17-34-22-9-5-20(6-10-22)27-36-11-12-37-27/h3-10,13-15,27H,2,11-12,16-17H2,1H3,(H,31,32)/b30-15-. The number of rotatable bonds is 11. The molecule has 1 aliphatic rings. The van der Waals surface area contributed by atoms with Crippen molar-refractivity contribution in [1.29, 1.82) is 0 Å². The van der Waals surface area contributed by atoms with E-state index in [2.05, 4.69) is 10.5 Å². The number of nitrogens with one attached hydrogen (secondary N) is 1. The number of hydrogen-bond donors (Lipinski definition) is 1. The Kier molecular flexibility index (Phi) is 10.3. The molecule has 1 heterocycles. The van der Waals surface area contributed by atoms with Gasteiger partial charge in [-0.05, 0) is 60.0 Å². The molecule has 194 valence electrons. The first-order valence-electron chi connectivity index (χ1n) is 11.6. The lowest BCUT2D eigenvalue weighted by Crippen LogP contribution is -2.24. The summed E-state index contributed by atoms with van der Waals surface area (Å²) in [6.07, 6.45) is 1.49. The van der Waals surface area contributed by atoms with Crippen molar-refractivity contribution in [2.24, 2.45) is 5.10 Å². The Labute approximate surface area is 235 Å². The minimum Gasteiger partial charge on any atom is -0.490 e. The van der Waals surface area contributed by atoms with Crippen LogP contribution in [0.25, 0.3) is 0 Å². The van der Waals surface area contributed by atoms with Crippen LogP contribution in [-0.2, 0) is 11.4 Å². The quantitative estimate of drug-likeness (QED) is 0.196. The highest BCUT2D eigenvalue weighted by atomic mass is 35.5. The van der Waals surface area contributed by atoms with Crippen molar-refractivity contribution in [3.8, 4) is 17.2 Å². The fraction of sp³-hybridized carbons (Fsp3) is 0.259.